The quantitative estimate of drug-likeness (QED) is 0.474. The molecule has 1 heterocycles. The Bertz CT molecular complexity index is 468. The number of rotatable bonds is 11. The molecule has 5 nitrogen and oxygen atoms in total. The van der Waals surface area contributed by atoms with E-state index in [9.17, 15) is 0 Å². The van der Waals surface area contributed by atoms with Crippen molar-refractivity contribution in [1.29, 1.82) is 0 Å². The molecule has 0 radical (unpaired) electrons. The fourth-order valence-electron chi connectivity index (χ4n) is 2.59. The molecule has 0 aliphatic heterocycles. The van der Waals surface area contributed by atoms with Gasteiger partial charge in [-0.05, 0) is 53.2 Å². The van der Waals surface area contributed by atoms with Crippen molar-refractivity contribution in [3.63, 3.8) is 0 Å². The summed E-state index contributed by atoms with van der Waals surface area (Å²) >= 11 is 1.70. The SMILES string of the molecule is CCNC(=NCCc1csc(C)n1)NC(C)CCCN(CC)CC. The summed E-state index contributed by atoms with van der Waals surface area (Å²) < 4.78 is 0. The van der Waals surface area contributed by atoms with Gasteiger partial charge in [0, 0.05) is 30.9 Å². The number of nitrogens with zero attached hydrogens (tertiary/aromatic N) is 3. The lowest BCUT2D eigenvalue weighted by atomic mass is 10.2. The van der Waals surface area contributed by atoms with Crippen LogP contribution in [0.1, 0.15) is 51.2 Å². The van der Waals surface area contributed by atoms with E-state index in [2.05, 4.69) is 58.6 Å². The van der Waals surface area contributed by atoms with Crippen LogP contribution >= 0.6 is 11.3 Å². The summed E-state index contributed by atoms with van der Waals surface area (Å²) in [6.45, 7) is 15.9. The fraction of sp³-hybridized carbons (Fsp3) is 0.778. The van der Waals surface area contributed by atoms with Crippen molar-refractivity contribution in [3.05, 3.63) is 16.1 Å². The Balaban J connectivity index is 2.35. The number of aryl methyl sites for hydroxylation is 1. The first-order chi connectivity index (χ1) is 11.6. The molecular formula is C18H35N5S. The number of aliphatic imine (C=N–C) groups is 1. The first-order valence-electron chi connectivity index (χ1n) is 9.27. The van der Waals surface area contributed by atoms with Crippen LogP contribution in [0.25, 0.3) is 0 Å². The van der Waals surface area contributed by atoms with E-state index in [1.54, 1.807) is 11.3 Å². The van der Waals surface area contributed by atoms with Crippen molar-refractivity contribution in [2.24, 2.45) is 4.99 Å². The third kappa shape index (κ3) is 8.64. The van der Waals surface area contributed by atoms with Crippen LogP contribution in [0.5, 0.6) is 0 Å². The van der Waals surface area contributed by atoms with E-state index in [4.69, 9.17) is 0 Å². The molecule has 0 saturated carbocycles. The molecule has 0 aliphatic carbocycles. The summed E-state index contributed by atoms with van der Waals surface area (Å²) in [7, 11) is 0. The topological polar surface area (TPSA) is 52.6 Å². The molecule has 0 fully saturated rings. The molecule has 0 saturated heterocycles. The predicted molar refractivity (Wildman–Crippen MR) is 106 cm³/mol. The van der Waals surface area contributed by atoms with Gasteiger partial charge in [0.15, 0.2) is 5.96 Å². The lowest BCUT2D eigenvalue weighted by Crippen LogP contribution is -2.42. The molecule has 0 amide bonds. The molecule has 6 heteroatoms. The monoisotopic (exact) mass is 353 g/mol. The number of nitrogens with one attached hydrogen (secondary N) is 2. The van der Waals surface area contributed by atoms with Crippen molar-refractivity contribution in [2.75, 3.05) is 32.7 Å². The summed E-state index contributed by atoms with van der Waals surface area (Å²) in [4.78, 5) is 11.6. The van der Waals surface area contributed by atoms with Crippen molar-refractivity contribution >= 4 is 17.3 Å². The summed E-state index contributed by atoms with van der Waals surface area (Å²) in [5.74, 6) is 0.916. The van der Waals surface area contributed by atoms with Gasteiger partial charge in [0.05, 0.1) is 10.7 Å². The van der Waals surface area contributed by atoms with Crippen LogP contribution in [0.15, 0.2) is 10.4 Å². The van der Waals surface area contributed by atoms with Crippen LogP contribution in [0.2, 0.25) is 0 Å². The zero-order valence-corrected chi connectivity index (χ0v) is 16.9. The molecule has 138 valence electrons. The van der Waals surface area contributed by atoms with Crippen LogP contribution in [0.4, 0.5) is 0 Å². The molecule has 1 atom stereocenters. The van der Waals surface area contributed by atoms with E-state index in [-0.39, 0.29) is 0 Å². The van der Waals surface area contributed by atoms with Gasteiger partial charge in [0.1, 0.15) is 0 Å². The maximum Gasteiger partial charge on any atom is 0.191 e. The number of thiazole rings is 1. The second-order valence-corrected chi connectivity index (χ2v) is 7.15. The van der Waals surface area contributed by atoms with E-state index in [1.165, 1.54) is 13.0 Å². The first-order valence-corrected chi connectivity index (χ1v) is 10.1. The van der Waals surface area contributed by atoms with Gasteiger partial charge >= 0.3 is 0 Å². The summed E-state index contributed by atoms with van der Waals surface area (Å²) in [6.07, 6.45) is 3.27. The molecule has 24 heavy (non-hydrogen) atoms. The molecule has 1 aromatic rings. The largest absolute Gasteiger partial charge is 0.357 e. The van der Waals surface area contributed by atoms with Gasteiger partial charge in [-0.3, -0.25) is 4.99 Å². The number of hydrogen-bond donors (Lipinski definition) is 2. The Morgan fingerprint density at radius 2 is 2.08 bits per heavy atom. The number of guanidine groups is 1. The average Bonchev–Trinajstić information content (AvgIpc) is 2.97. The van der Waals surface area contributed by atoms with Crippen LogP contribution in [-0.4, -0.2) is 54.6 Å². The normalized spacial score (nSPS) is 13.3. The molecule has 0 spiro atoms. The Kier molecular flexibility index (Phi) is 10.7. The maximum atomic E-state index is 4.68. The van der Waals surface area contributed by atoms with Gasteiger partial charge in [0.25, 0.3) is 0 Å². The van der Waals surface area contributed by atoms with Gasteiger partial charge in [-0.15, -0.1) is 11.3 Å². The minimum atomic E-state index is 0.430. The Morgan fingerprint density at radius 1 is 1.33 bits per heavy atom. The van der Waals surface area contributed by atoms with Crippen LogP contribution < -0.4 is 10.6 Å². The van der Waals surface area contributed by atoms with E-state index in [1.807, 2.05) is 6.92 Å². The second kappa shape index (κ2) is 12.3. The highest BCUT2D eigenvalue weighted by Gasteiger charge is 2.06. The molecule has 1 rings (SSSR count). The van der Waals surface area contributed by atoms with E-state index in [0.717, 1.165) is 55.7 Å². The summed E-state index contributed by atoms with van der Waals surface area (Å²) in [5, 5.41) is 10.1. The lowest BCUT2D eigenvalue weighted by molar-refractivity contribution is 0.292. The van der Waals surface area contributed by atoms with E-state index < -0.39 is 0 Å². The summed E-state index contributed by atoms with van der Waals surface area (Å²) in [6, 6.07) is 0.430. The molecule has 1 unspecified atom stereocenters. The van der Waals surface area contributed by atoms with Crippen LogP contribution in [0, 0.1) is 6.92 Å². The van der Waals surface area contributed by atoms with Crippen molar-refractivity contribution in [1.82, 2.24) is 20.5 Å². The molecule has 0 aromatic carbocycles. The van der Waals surface area contributed by atoms with E-state index >= 15 is 0 Å². The second-order valence-electron chi connectivity index (χ2n) is 6.08. The highest BCUT2D eigenvalue weighted by atomic mass is 32.1. The molecule has 0 bridgehead atoms. The third-order valence-electron chi connectivity index (χ3n) is 4.04. The highest BCUT2D eigenvalue weighted by Crippen LogP contribution is 2.08. The highest BCUT2D eigenvalue weighted by molar-refractivity contribution is 7.09. The minimum absolute atomic E-state index is 0.430. The van der Waals surface area contributed by atoms with E-state index in [0.29, 0.717) is 6.04 Å². The van der Waals surface area contributed by atoms with Gasteiger partial charge in [-0.1, -0.05) is 13.8 Å². The van der Waals surface area contributed by atoms with Gasteiger partial charge in [0.2, 0.25) is 0 Å². The number of aromatic nitrogens is 1. The smallest absolute Gasteiger partial charge is 0.191 e. The molecule has 1 aromatic heterocycles. The fourth-order valence-corrected chi connectivity index (χ4v) is 3.24. The first kappa shape index (κ1) is 20.9. The van der Waals surface area contributed by atoms with Crippen molar-refractivity contribution < 1.29 is 0 Å². The molecular weight excluding hydrogens is 318 g/mol. The van der Waals surface area contributed by atoms with Gasteiger partial charge < -0.3 is 15.5 Å². The standard InChI is InChI=1S/C18H35N5S/c1-6-19-18(20-12-11-17-14-24-16(5)22-17)21-15(4)10-9-13-23(7-2)8-3/h14-15H,6-13H2,1-5H3,(H2,19,20,21). The maximum absolute atomic E-state index is 4.68. The summed E-state index contributed by atoms with van der Waals surface area (Å²) in [5.41, 5.74) is 1.14. The Labute approximate surface area is 152 Å². The van der Waals surface area contributed by atoms with Crippen molar-refractivity contribution in [3.8, 4) is 0 Å². The zero-order valence-electron chi connectivity index (χ0n) is 16.1. The Hall–Kier alpha value is -1.14. The van der Waals surface area contributed by atoms with Gasteiger partial charge in [-0.2, -0.15) is 0 Å². The lowest BCUT2D eigenvalue weighted by Gasteiger charge is -2.21. The zero-order chi connectivity index (χ0) is 17.8. The minimum Gasteiger partial charge on any atom is -0.357 e. The van der Waals surface area contributed by atoms with Crippen LogP contribution in [-0.2, 0) is 6.42 Å². The van der Waals surface area contributed by atoms with Crippen LogP contribution in [0.3, 0.4) is 0 Å². The molecule has 0 aliphatic rings. The van der Waals surface area contributed by atoms with Gasteiger partial charge in [-0.25, -0.2) is 4.98 Å². The third-order valence-corrected chi connectivity index (χ3v) is 4.86. The molecule has 2 N–H and O–H groups in total. The average molecular weight is 354 g/mol. The van der Waals surface area contributed by atoms with Crippen molar-refractivity contribution in [2.45, 2.75) is 59.9 Å². The predicted octanol–water partition coefficient (Wildman–Crippen LogP) is 3.06. The number of hydrogen-bond acceptors (Lipinski definition) is 4. The Morgan fingerprint density at radius 3 is 2.67 bits per heavy atom.